The number of likely N-dealkylation sites (tertiary alicyclic amines) is 1. The zero-order valence-corrected chi connectivity index (χ0v) is 19.4. The summed E-state index contributed by atoms with van der Waals surface area (Å²) in [5.41, 5.74) is 0.224. The zero-order valence-electron chi connectivity index (χ0n) is 19.4. The second kappa shape index (κ2) is 10.1. The van der Waals surface area contributed by atoms with Crippen molar-refractivity contribution in [3.8, 4) is 17.0 Å². The standard InChI is InChI=1S/C25H31F3N4O2/c1-33-23-3-2-18(26)10-20(23)22-11-21(24(27)28)25(31-30-22)29-19-8-16-13-32(14-17(16)9-19)12-15-4-6-34-7-5-15/h2-3,10-11,15-17,19,24H,4-9,12-14H2,1H3,(H,29,31)/t16-,17+,19-. The van der Waals surface area contributed by atoms with Gasteiger partial charge in [0, 0.05) is 44.5 Å². The van der Waals surface area contributed by atoms with Gasteiger partial charge in [0.2, 0.25) is 0 Å². The maximum atomic E-state index is 13.9. The van der Waals surface area contributed by atoms with Gasteiger partial charge in [-0.15, -0.1) is 10.2 Å². The van der Waals surface area contributed by atoms with Crippen LogP contribution in [0.1, 0.15) is 37.7 Å². The van der Waals surface area contributed by atoms with E-state index in [1.54, 1.807) is 0 Å². The van der Waals surface area contributed by atoms with Crippen LogP contribution in [-0.4, -0.2) is 61.1 Å². The molecule has 1 N–H and O–H groups in total. The van der Waals surface area contributed by atoms with Crippen LogP contribution in [0.25, 0.3) is 11.3 Å². The number of fused-ring (bicyclic) bond motifs is 1. The summed E-state index contributed by atoms with van der Waals surface area (Å²) < 4.78 is 52.4. The minimum atomic E-state index is -2.73. The molecule has 1 aliphatic carbocycles. The predicted molar refractivity (Wildman–Crippen MR) is 123 cm³/mol. The summed E-state index contributed by atoms with van der Waals surface area (Å²) in [4.78, 5) is 2.58. The third-order valence-electron chi connectivity index (χ3n) is 7.52. The molecule has 0 radical (unpaired) electrons. The van der Waals surface area contributed by atoms with E-state index in [2.05, 4.69) is 20.4 Å². The van der Waals surface area contributed by atoms with Crippen LogP contribution < -0.4 is 10.1 Å². The van der Waals surface area contributed by atoms with Crippen LogP contribution >= 0.6 is 0 Å². The summed E-state index contributed by atoms with van der Waals surface area (Å²) in [6.07, 6.45) is 1.44. The van der Waals surface area contributed by atoms with E-state index in [0.717, 1.165) is 64.4 Å². The smallest absolute Gasteiger partial charge is 0.267 e. The van der Waals surface area contributed by atoms with Gasteiger partial charge < -0.3 is 19.7 Å². The average molecular weight is 477 g/mol. The number of anilines is 1. The molecule has 1 aromatic heterocycles. The molecule has 2 aromatic rings. The Labute approximate surface area is 197 Å². The molecule has 3 fully saturated rings. The molecule has 3 atom stereocenters. The molecular formula is C25H31F3N4O2. The molecule has 1 aromatic carbocycles. The predicted octanol–water partition coefficient (Wildman–Crippen LogP) is 4.78. The van der Waals surface area contributed by atoms with E-state index in [4.69, 9.17) is 9.47 Å². The highest BCUT2D eigenvalue weighted by Crippen LogP contribution is 2.41. The number of nitrogens with zero attached hydrogens (tertiary/aromatic N) is 3. The molecule has 3 heterocycles. The van der Waals surface area contributed by atoms with Crippen molar-refractivity contribution in [2.24, 2.45) is 17.8 Å². The van der Waals surface area contributed by atoms with E-state index in [1.165, 1.54) is 31.4 Å². The van der Waals surface area contributed by atoms with Gasteiger partial charge in [-0.3, -0.25) is 0 Å². The first kappa shape index (κ1) is 23.4. The van der Waals surface area contributed by atoms with Crippen LogP contribution in [0.2, 0.25) is 0 Å². The molecule has 6 nitrogen and oxygen atoms in total. The van der Waals surface area contributed by atoms with Gasteiger partial charge >= 0.3 is 0 Å². The van der Waals surface area contributed by atoms with E-state index in [-0.39, 0.29) is 23.1 Å². The van der Waals surface area contributed by atoms with Gasteiger partial charge in [0.25, 0.3) is 6.43 Å². The van der Waals surface area contributed by atoms with Crippen LogP contribution in [0.5, 0.6) is 5.75 Å². The molecule has 2 aliphatic heterocycles. The number of hydrogen-bond acceptors (Lipinski definition) is 6. The molecular weight excluding hydrogens is 445 g/mol. The Hall–Kier alpha value is -2.39. The first-order chi connectivity index (χ1) is 16.5. The molecule has 0 bridgehead atoms. The topological polar surface area (TPSA) is 59.5 Å². The van der Waals surface area contributed by atoms with Crippen molar-refractivity contribution >= 4 is 5.82 Å². The number of hydrogen-bond donors (Lipinski definition) is 1. The fraction of sp³-hybridized carbons (Fsp3) is 0.600. The van der Waals surface area contributed by atoms with Crippen LogP contribution in [0, 0.1) is 23.6 Å². The van der Waals surface area contributed by atoms with Gasteiger partial charge in [0.1, 0.15) is 11.6 Å². The quantitative estimate of drug-likeness (QED) is 0.621. The van der Waals surface area contributed by atoms with E-state index in [1.807, 2.05) is 0 Å². The van der Waals surface area contributed by atoms with Crippen LogP contribution in [0.4, 0.5) is 19.0 Å². The van der Waals surface area contributed by atoms with Crippen molar-refractivity contribution in [3.63, 3.8) is 0 Å². The van der Waals surface area contributed by atoms with Crippen molar-refractivity contribution < 1.29 is 22.6 Å². The minimum absolute atomic E-state index is 0.0987. The van der Waals surface area contributed by atoms with Crippen LogP contribution in [0.3, 0.4) is 0 Å². The highest BCUT2D eigenvalue weighted by atomic mass is 19.3. The number of nitrogens with one attached hydrogen (secondary N) is 1. The normalized spacial score (nSPS) is 25.6. The van der Waals surface area contributed by atoms with E-state index in [9.17, 15) is 13.2 Å². The molecule has 34 heavy (non-hydrogen) atoms. The summed E-state index contributed by atoms with van der Waals surface area (Å²) in [5, 5.41) is 11.5. The van der Waals surface area contributed by atoms with Crippen molar-refractivity contribution in [2.75, 3.05) is 45.3 Å². The summed E-state index contributed by atoms with van der Waals surface area (Å²) >= 11 is 0. The fourth-order valence-electron chi connectivity index (χ4n) is 5.85. The summed E-state index contributed by atoms with van der Waals surface area (Å²) in [6.45, 7) is 5.03. The Kier molecular flexibility index (Phi) is 6.92. The van der Waals surface area contributed by atoms with Gasteiger partial charge in [-0.25, -0.2) is 13.2 Å². The minimum Gasteiger partial charge on any atom is -0.496 e. The highest BCUT2D eigenvalue weighted by molar-refractivity contribution is 5.68. The average Bonchev–Trinajstić information content (AvgIpc) is 3.37. The Bertz CT molecular complexity index is 988. The first-order valence-electron chi connectivity index (χ1n) is 12.1. The van der Waals surface area contributed by atoms with E-state index < -0.39 is 12.2 Å². The summed E-state index contributed by atoms with van der Waals surface area (Å²) in [6, 6.07) is 5.30. The number of alkyl halides is 2. The van der Waals surface area contributed by atoms with Crippen molar-refractivity contribution in [2.45, 2.75) is 38.2 Å². The van der Waals surface area contributed by atoms with Gasteiger partial charge in [-0.2, -0.15) is 0 Å². The molecule has 5 rings (SSSR count). The molecule has 0 amide bonds. The Morgan fingerprint density at radius 1 is 1.12 bits per heavy atom. The summed E-state index contributed by atoms with van der Waals surface area (Å²) in [5.74, 6) is 1.85. The second-order valence-electron chi connectivity index (χ2n) is 9.79. The van der Waals surface area contributed by atoms with Gasteiger partial charge in [-0.1, -0.05) is 0 Å². The summed E-state index contributed by atoms with van der Waals surface area (Å²) in [7, 11) is 1.44. The Morgan fingerprint density at radius 3 is 2.53 bits per heavy atom. The van der Waals surface area contributed by atoms with Crippen LogP contribution in [-0.2, 0) is 4.74 Å². The SMILES string of the molecule is COc1ccc(F)cc1-c1cc(C(F)F)c(N[C@@H]2C[C@@H]3CN(CC4CCOCC4)C[C@@H]3C2)nn1. The van der Waals surface area contributed by atoms with E-state index in [0.29, 0.717) is 23.1 Å². The zero-order chi connectivity index (χ0) is 23.7. The lowest BCUT2D eigenvalue weighted by Gasteiger charge is -2.28. The number of halogens is 3. The number of methoxy groups -OCH3 is 1. The van der Waals surface area contributed by atoms with Gasteiger partial charge in [-0.05, 0) is 67.7 Å². The molecule has 1 saturated carbocycles. The van der Waals surface area contributed by atoms with Crippen LogP contribution in [0.15, 0.2) is 24.3 Å². The fourth-order valence-corrected chi connectivity index (χ4v) is 5.85. The lowest BCUT2D eigenvalue weighted by molar-refractivity contribution is 0.0545. The van der Waals surface area contributed by atoms with Gasteiger partial charge in [0.05, 0.1) is 18.4 Å². The second-order valence-corrected chi connectivity index (χ2v) is 9.79. The maximum absolute atomic E-state index is 13.9. The molecule has 0 spiro atoms. The first-order valence-corrected chi connectivity index (χ1v) is 12.1. The monoisotopic (exact) mass is 476 g/mol. The molecule has 184 valence electrons. The molecule has 0 unspecified atom stereocenters. The molecule has 3 aliphatic rings. The number of aromatic nitrogens is 2. The third-order valence-corrected chi connectivity index (χ3v) is 7.52. The number of ether oxygens (including phenoxy) is 2. The van der Waals surface area contributed by atoms with E-state index >= 15 is 0 Å². The van der Waals surface area contributed by atoms with Gasteiger partial charge in [0.15, 0.2) is 5.82 Å². The van der Waals surface area contributed by atoms with Crippen molar-refractivity contribution in [1.29, 1.82) is 0 Å². The Balaban J connectivity index is 1.25. The largest absolute Gasteiger partial charge is 0.496 e. The highest BCUT2D eigenvalue weighted by Gasteiger charge is 2.41. The van der Waals surface area contributed by atoms with Crippen molar-refractivity contribution in [3.05, 3.63) is 35.6 Å². The molecule has 9 heteroatoms. The molecule has 2 saturated heterocycles. The lowest BCUT2D eigenvalue weighted by Crippen LogP contribution is -2.32. The van der Waals surface area contributed by atoms with Crippen molar-refractivity contribution in [1.82, 2.24) is 15.1 Å². The number of rotatable bonds is 7. The lowest BCUT2D eigenvalue weighted by atomic mass is 10.00. The third kappa shape index (κ3) is 5.00. The Morgan fingerprint density at radius 2 is 1.85 bits per heavy atom. The maximum Gasteiger partial charge on any atom is 0.267 e. The number of benzene rings is 1.